The van der Waals surface area contributed by atoms with Crippen LogP contribution in [-0.2, 0) is 15.8 Å². The van der Waals surface area contributed by atoms with Crippen LogP contribution in [0, 0.1) is 11.3 Å². The summed E-state index contributed by atoms with van der Waals surface area (Å²) in [6.07, 6.45) is -3.26. The van der Waals surface area contributed by atoms with Crippen molar-refractivity contribution in [3.63, 3.8) is 0 Å². The van der Waals surface area contributed by atoms with Gasteiger partial charge in [0.05, 0.1) is 56.5 Å². The van der Waals surface area contributed by atoms with Crippen LogP contribution < -0.4 is 16.0 Å². The number of thioether (sulfide) groups is 1. The van der Waals surface area contributed by atoms with E-state index in [9.17, 15) is 28.0 Å². The largest absolute Gasteiger partial charge is 0.468 e. The molecular weight excluding hydrogens is 589 g/mol. The lowest BCUT2D eigenvalue weighted by Gasteiger charge is -2.28. The molecule has 0 saturated heterocycles. The molecule has 1 aromatic heterocycles. The first kappa shape index (κ1) is 30.8. The highest BCUT2D eigenvalue weighted by Crippen LogP contribution is 2.42. The number of rotatable bonds is 8. The third-order valence-corrected chi connectivity index (χ3v) is 7.82. The van der Waals surface area contributed by atoms with Crippen molar-refractivity contribution in [3.8, 4) is 6.07 Å². The van der Waals surface area contributed by atoms with E-state index in [0.29, 0.717) is 22.3 Å². The molecule has 2 aromatic carbocycles. The molecule has 0 aliphatic carbocycles. The predicted octanol–water partition coefficient (Wildman–Crippen LogP) is 7.78. The van der Waals surface area contributed by atoms with Gasteiger partial charge < -0.3 is 20.4 Å². The monoisotopic (exact) mass is 614 g/mol. The maximum absolute atomic E-state index is 13.5. The number of nitrogens with zero attached hydrogens (tertiary/aromatic N) is 1. The fraction of sp³-hybridized carbons (Fsp3) is 0.233. The molecule has 0 saturated carbocycles. The molecule has 218 valence electrons. The van der Waals surface area contributed by atoms with Gasteiger partial charge in [0, 0.05) is 11.4 Å². The van der Waals surface area contributed by atoms with E-state index in [0.717, 1.165) is 35.5 Å². The number of benzene rings is 2. The molecule has 1 atom stereocenters. The molecular formula is C30H26ClF3N4O3S. The lowest BCUT2D eigenvalue weighted by atomic mass is 9.85. The van der Waals surface area contributed by atoms with Crippen molar-refractivity contribution >= 4 is 46.6 Å². The van der Waals surface area contributed by atoms with Crippen molar-refractivity contribution in [2.45, 2.75) is 38.8 Å². The quantitative estimate of drug-likeness (QED) is 0.239. The Kier molecular flexibility index (Phi) is 9.39. The van der Waals surface area contributed by atoms with Gasteiger partial charge in [0.1, 0.15) is 5.76 Å². The minimum Gasteiger partial charge on any atom is -0.468 e. The lowest BCUT2D eigenvalue weighted by molar-refractivity contribution is -0.137. The van der Waals surface area contributed by atoms with E-state index in [1.165, 1.54) is 6.26 Å². The number of nitriles is 1. The molecule has 2 heterocycles. The average Bonchev–Trinajstić information content (AvgIpc) is 3.47. The summed E-state index contributed by atoms with van der Waals surface area (Å²) >= 11 is 7.17. The summed E-state index contributed by atoms with van der Waals surface area (Å²) in [6.45, 7) is 5.73. The lowest BCUT2D eigenvalue weighted by Crippen LogP contribution is -2.31. The number of amides is 2. The van der Waals surface area contributed by atoms with Crippen molar-refractivity contribution in [3.05, 3.63) is 105 Å². The molecule has 1 aliphatic heterocycles. The molecule has 3 aromatic rings. The molecule has 42 heavy (non-hydrogen) atoms. The van der Waals surface area contributed by atoms with Crippen molar-refractivity contribution in [2.75, 3.05) is 16.4 Å². The van der Waals surface area contributed by atoms with Crippen molar-refractivity contribution < 1.29 is 27.2 Å². The Morgan fingerprint density at radius 1 is 1.14 bits per heavy atom. The number of dihydropyridines is 1. The fourth-order valence-corrected chi connectivity index (χ4v) is 5.40. The number of alkyl halides is 3. The number of nitrogens with one attached hydrogen (secondary N) is 3. The van der Waals surface area contributed by atoms with E-state index in [-0.39, 0.29) is 39.3 Å². The summed E-state index contributed by atoms with van der Waals surface area (Å²) in [5.41, 5.74) is 1.03. The van der Waals surface area contributed by atoms with Crippen LogP contribution in [0.1, 0.15) is 49.5 Å². The number of halogens is 4. The van der Waals surface area contributed by atoms with Crippen LogP contribution in [0.15, 0.2) is 87.1 Å². The van der Waals surface area contributed by atoms with E-state index in [2.05, 4.69) is 35.9 Å². The molecule has 2 amide bonds. The third kappa shape index (κ3) is 7.01. The van der Waals surface area contributed by atoms with E-state index in [4.69, 9.17) is 16.0 Å². The maximum Gasteiger partial charge on any atom is 0.416 e. The van der Waals surface area contributed by atoms with Gasteiger partial charge in [-0.2, -0.15) is 18.4 Å². The second kappa shape index (κ2) is 12.8. The molecule has 0 radical (unpaired) electrons. The zero-order valence-corrected chi connectivity index (χ0v) is 24.3. The molecule has 0 spiro atoms. The third-order valence-electron chi connectivity index (χ3n) is 6.47. The smallest absolute Gasteiger partial charge is 0.416 e. The van der Waals surface area contributed by atoms with Crippen LogP contribution in [0.2, 0.25) is 5.02 Å². The van der Waals surface area contributed by atoms with E-state index < -0.39 is 23.6 Å². The van der Waals surface area contributed by atoms with Gasteiger partial charge in [-0.1, -0.05) is 49.3 Å². The molecule has 4 rings (SSSR count). The Bertz CT molecular complexity index is 1590. The summed E-state index contributed by atoms with van der Waals surface area (Å²) in [6, 6.07) is 15.4. The maximum atomic E-state index is 13.5. The molecule has 12 heteroatoms. The van der Waals surface area contributed by atoms with Crippen LogP contribution in [0.5, 0.6) is 0 Å². The van der Waals surface area contributed by atoms with Gasteiger partial charge in [-0.3, -0.25) is 9.59 Å². The minimum absolute atomic E-state index is 0.0427. The summed E-state index contributed by atoms with van der Waals surface area (Å²) in [4.78, 5) is 26.2. The highest BCUT2D eigenvalue weighted by atomic mass is 35.5. The highest BCUT2D eigenvalue weighted by Gasteiger charge is 2.37. The topological polar surface area (TPSA) is 107 Å². The van der Waals surface area contributed by atoms with Gasteiger partial charge in [-0.05, 0) is 60.9 Å². The first-order chi connectivity index (χ1) is 19.9. The summed E-state index contributed by atoms with van der Waals surface area (Å²) in [7, 11) is 0. The predicted molar refractivity (Wildman–Crippen MR) is 157 cm³/mol. The van der Waals surface area contributed by atoms with Gasteiger partial charge >= 0.3 is 6.18 Å². The van der Waals surface area contributed by atoms with Gasteiger partial charge in [-0.25, -0.2) is 0 Å². The molecule has 0 bridgehead atoms. The van der Waals surface area contributed by atoms with Crippen LogP contribution in [0.3, 0.4) is 0 Å². The first-order valence-corrected chi connectivity index (χ1v) is 14.1. The second-order valence-corrected chi connectivity index (χ2v) is 11.1. The summed E-state index contributed by atoms with van der Waals surface area (Å²) in [5, 5.41) is 18.7. The molecule has 3 N–H and O–H groups in total. The first-order valence-electron chi connectivity index (χ1n) is 12.7. The molecule has 1 aliphatic rings. The highest BCUT2D eigenvalue weighted by molar-refractivity contribution is 8.03. The van der Waals surface area contributed by atoms with E-state index >= 15 is 0 Å². The van der Waals surface area contributed by atoms with E-state index in [1.807, 2.05) is 24.3 Å². The summed E-state index contributed by atoms with van der Waals surface area (Å²) < 4.78 is 45.4. The number of carbonyl (C=O) groups is 2. The Morgan fingerprint density at radius 3 is 2.45 bits per heavy atom. The number of furan rings is 1. The van der Waals surface area contributed by atoms with Crippen molar-refractivity contribution in [1.29, 1.82) is 5.26 Å². The normalized spacial score (nSPS) is 15.4. The van der Waals surface area contributed by atoms with E-state index in [1.54, 1.807) is 19.1 Å². The second-order valence-electron chi connectivity index (χ2n) is 9.73. The standard InChI is InChI=1S/C30H26ClF3N4O3S/c1-16(2)18-6-9-20(10-7-18)37-25(39)15-42-29-21(14-35)27(24-5-4-12-41-24)26(17(3)36-29)28(40)38-23-13-19(30(32,33)34)8-11-22(23)31/h4-13,16,27,36H,15H2,1-3H3,(H,37,39)(H,38,40)/t27-/m1/s1. The summed E-state index contributed by atoms with van der Waals surface area (Å²) in [5.74, 6) is -1.50. The minimum atomic E-state index is -4.64. The van der Waals surface area contributed by atoms with Crippen molar-refractivity contribution in [2.24, 2.45) is 0 Å². The Hall–Kier alpha value is -4.14. The zero-order valence-electron chi connectivity index (χ0n) is 22.7. The number of anilines is 2. The number of carbonyl (C=O) groups excluding carboxylic acids is 2. The Morgan fingerprint density at radius 2 is 1.86 bits per heavy atom. The van der Waals surface area contributed by atoms with Gasteiger partial charge in [-0.15, -0.1) is 0 Å². The van der Waals surface area contributed by atoms with Crippen LogP contribution >= 0.6 is 23.4 Å². The van der Waals surface area contributed by atoms with Crippen LogP contribution in [0.4, 0.5) is 24.5 Å². The Balaban J connectivity index is 1.57. The average molecular weight is 615 g/mol. The SMILES string of the molecule is CC1=C(C(=O)Nc2cc(C(F)(F)F)ccc2Cl)[C@@H](c2ccco2)C(C#N)=C(SCC(=O)Nc2ccc(C(C)C)cc2)N1. The van der Waals surface area contributed by atoms with Gasteiger partial charge in [0.2, 0.25) is 5.91 Å². The number of hydrogen-bond donors (Lipinski definition) is 3. The van der Waals surface area contributed by atoms with Crippen LogP contribution in [-0.4, -0.2) is 17.6 Å². The van der Waals surface area contributed by atoms with Gasteiger partial charge in [0.15, 0.2) is 0 Å². The number of allylic oxidation sites excluding steroid dienone is 2. The van der Waals surface area contributed by atoms with Crippen LogP contribution in [0.25, 0.3) is 0 Å². The fourth-order valence-electron chi connectivity index (χ4n) is 4.34. The zero-order chi connectivity index (χ0) is 30.6. The number of hydrogen-bond acceptors (Lipinski definition) is 6. The molecule has 0 fully saturated rings. The molecule has 7 nitrogen and oxygen atoms in total. The van der Waals surface area contributed by atoms with Gasteiger partial charge in [0.25, 0.3) is 5.91 Å². The van der Waals surface area contributed by atoms with Crippen molar-refractivity contribution in [1.82, 2.24) is 5.32 Å². The Labute approximate surface area is 249 Å². The molecule has 0 unspecified atom stereocenters.